The Hall–Kier alpha value is -2.26. The molecular formula is C19H24FN3O4S. The van der Waals surface area contributed by atoms with Crippen LogP contribution in [0.3, 0.4) is 0 Å². The molecule has 152 valence electrons. The smallest absolute Gasteiger partial charge is 0.215 e. The van der Waals surface area contributed by atoms with Gasteiger partial charge in [0.05, 0.1) is 31.9 Å². The van der Waals surface area contributed by atoms with Gasteiger partial charge < -0.3 is 9.47 Å². The van der Waals surface area contributed by atoms with E-state index in [2.05, 4.69) is 14.7 Å². The molecule has 1 aromatic carbocycles. The number of benzene rings is 1. The third-order valence-corrected chi connectivity index (χ3v) is 6.94. The predicted octanol–water partition coefficient (Wildman–Crippen LogP) is 2.78. The Morgan fingerprint density at radius 3 is 2.54 bits per heavy atom. The minimum Gasteiger partial charge on any atom is -0.497 e. The number of rotatable bonds is 7. The summed E-state index contributed by atoms with van der Waals surface area (Å²) in [6.45, 7) is 0.100. The van der Waals surface area contributed by atoms with Crippen LogP contribution in [-0.2, 0) is 16.6 Å². The predicted molar refractivity (Wildman–Crippen MR) is 102 cm³/mol. The molecule has 2 aromatic rings. The van der Waals surface area contributed by atoms with Crippen molar-refractivity contribution in [2.75, 3.05) is 14.2 Å². The highest BCUT2D eigenvalue weighted by Gasteiger charge is 2.37. The molecule has 0 saturated heterocycles. The second-order valence-corrected chi connectivity index (χ2v) is 8.72. The molecule has 1 fully saturated rings. The maximum absolute atomic E-state index is 13.1. The van der Waals surface area contributed by atoms with Gasteiger partial charge in [0.1, 0.15) is 17.3 Å². The SMILES string of the molecule is COc1ccc(CNS(=O)(=O)[C@H]2CCCC[C@@H]2c2ncc(F)cn2)c(OC)c1. The van der Waals surface area contributed by atoms with Crippen molar-refractivity contribution in [3.63, 3.8) is 0 Å². The summed E-state index contributed by atoms with van der Waals surface area (Å²) in [4.78, 5) is 8.04. The van der Waals surface area contributed by atoms with Crippen molar-refractivity contribution in [3.8, 4) is 11.5 Å². The minimum atomic E-state index is -3.64. The third kappa shape index (κ3) is 4.59. The molecule has 0 radical (unpaired) electrons. The fourth-order valence-electron chi connectivity index (χ4n) is 3.56. The van der Waals surface area contributed by atoms with Gasteiger partial charge in [0.15, 0.2) is 5.82 Å². The van der Waals surface area contributed by atoms with Crippen LogP contribution in [-0.4, -0.2) is 37.9 Å². The van der Waals surface area contributed by atoms with Gasteiger partial charge in [0, 0.05) is 24.1 Å². The van der Waals surface area contributed by atoms with E-state index in [1.165, 1.54) is 7.11 Å². The van der Waals surface area contributed by atoms with E-state index in [9.17, 15) is 12.8 Å². The van der Waals surface area contributed by atoms with Gasteiger partial charge in [0.2, 0.25) is 10.0 Å². The first-order valence-electron chi connectivity index (χ1n) is 9.11. The van der Waals surface area contributed by atoms with Crippen LogP contribution in [0.5, 0.6) is 11.5 Å². The number of nitrogens with zero attached hydrogens (tertiary/aromatic N) is 2. The number of halogens is 1. The monoisotopic (exact) mass is 409 g/mol. The summed E-state index contributed by atoms with van der Waals surface area (Å²) < 4.78 is 52.4. The normalized spacial score (nSPS) is 20.0. The van der Waals surface area contributed by atoms with Crippen LogP contribution in [0.25, 0.3) is 0 Å². The van der Waals surface area contributed by atoms with E-state index in [0.717, 1.165) is 25.2 Å². The Bertz CT molecular complexity index is 906. The standard InChI is InChI=1S/C19H24FN3O4S/c1-26-15-8-7-13(17(9-15)27-2)10-23-28(24,25)18-6-4-3-5-16(18)19-21-11-14(20)12-22-19/h7-9,11-12,16,18,23H,3-6,10H2,1-2H3/t16-,18-/m0/s1. The number of ether oxygens (including phenoxy) is 2. The van der Waals surface area contributed by atoms with Crippen molar-refractivity contribution in [2.45, 2.75) is 43.4 Å². The van der Waals surface area contributed by atoms with Crippen molar-refractivity contribution in [2.24, 2.45) is 0 Å². The Labute approximate surface area is 164 Å². The van der Waals surface area contributed by atoms with Gasteiger partial charge in [-0.2, -0.15) is 0 Å². The summed E-state index contributed by atoms with van der Waals surface area (Å²) in [6, 6.07) is 5.23. The lowest BCUT2D eigenvalue weighted by Crippen LogP contribution is -2.40. The number of aromatic nitrogens is 2. The molecule has 2 atom stereocenters. The van der Waals surface area contributed by atoms with Crippen LogP contribution in [0.4, 0.5) is 4.39 Å². The first kappa shape index (κ1) is 20.5. The van der Waals surface area contributed by atoms with Gasteiger partial charge in [-0.1, -0.05) is 18.9 Å². The first-order chi connectivity index (χ1) is 13.4. The Kier molecular flexibility index (Phi) is 6.46. The zero-order valence-electron chi connectivity index (χ0n) is 15.9. The summed E-state index contributed by atoms with van der Waals surface area (Å²) in [5.74, 6) is 0.653. The average Bonchev–Trinajstić information content (AvgIpc) is 2.72. The van der Waals surface area contributed by atoms with Crippen LogP contribution >= 0.6 is 0 Å². The summed E-state index contributed by atoms with van der Waals surface area (Å²) in [7, 11) is -0.563. The molecule has 3 rings (SSSR count). The highest BCUT2D eigenvalue weighted by atomic mass is 32.2. The van der Waals surface area contributed by atoms with Crippen LogP contribution < -0.4 is 14.2 Å². The third-order valence-electron chi connectivity index (χ3n) is 5.03. The minimum absolute atomic E-state index is 0.100. The molecule has 0 amide bonds. The van der Waals surface area contributed by atoms with Crippen molar-refractivity contribution in [3.05, 3.63) is 47.8 Å². The lowest BCUT2D eigenvalue weighted by atomic mass is 9.88. The maximum atomic E-state index is 13.1. The average molecular weight is 409 g/mol. The lowest BCUT2D eigenvalue weighted by Gasteiger charge is -2.30. The molecule has 28 heavy (non-hydrogen) atoms. The molecule has 0 spiro atoms. The zero-order valence-corrected chi connectivity index (χ0v) is 16.7. The summed E-state index contributed by atoms with van der Waals surface area (Å²) in [5, 5.41) is -0.657. The van der Waals surface area contributed by atoms with Crippen LogP contribution in [0.15, 0.2) is 30.6 Å². The maximum Gasteiger partial charge on any atom is 0.215 e. The highest BCUT2D eigenvalue weighted by molar-refractivity contribution is 7.90. The molecular weight excluding hydrogens is 385 g/mol. The Morgan fingerprint density at radius 2 is 1.86 bits per heavy atom. The summed E-state index contributed by atoms with van der Waals surface area (Å²) in [6.07, 6.45) is 5.04. The molecule has 1 aromatic heterocycles. The lowest BCUT2D eigenvalue weighted by molar-refractivity contribution is 0.390. The van der Waals surface area contributed by atoms with Gasteiger partial charge in [-0.15, -0.1) is 0 Å². The molecule has 1 N–H and O–H groups in total. The first-order valence-corrected chi connectivity index (χ1v) is 10.7. The molecule has 1 aliphatic rings. The quantitative estimate of drug-likeness (QED) is 0.756. The molecule has 0 bridgehead atoms. The van der Waals surface area contributed by atoms with Crippen molar-refractivity contribution in [1.29, 1.82) is 0 Å². The van der Waals surface area contributed by atoms with E-state index in [0.29, 0.717) is 35.7 Å². The number of sulfonamides is 1. The molecule has 0 aliphatic heterocycles. The Balaban J connectivity index is 1.78. The molecule has 9 heteroatoms. The highest BCUT2D eigenvalue weighted by Crippen LogP contribution is 2.35. The largest absolute Gasteiger partial charge is 0.497 e. The number of hydrogen-bond donors (Lipinski definition) is 1. The van der Waals surface area contributed by atoms with Crippen LogP contribution in [0.1, 0.15) is 43.0 Å². The summed E-state index contributed by atoms with van der Waals surface area (Å²) in [5.41, 5.74) is 0.706. The van der Waals surface area contributed by atoms with E-state index in [4.69, 9.17) is 9.47 Å². The molecule has 0 unspecified atom stereocenters. The topological polar surface area (TPSA) is 90.4 Å². The number of nitrogens with one attached hydrogen (secondary N) is 1. The van der Waals surface area contributed by atoms with Crippen molar-refractivity contribution < 1.29 is 22.3 Å². The second kappa shape index (κ2) is 8.83. The number of hydrogen-bond acceptors (Lipinski definition) is 6. The Morgan fingerprint density at radius 1 is 1.14 bits per heavy atom. The second-order valence-electron chi connectivity index (χ2n) is 6.73. The van der Waals surface area contributed by atoms with Gasteiger partial charge >= 0.3 is 0 Å². The van der Waals surface area contributed by atoms with Gasteiger partial charge in [-0.05, 0) is 18.9 Å². The van der Waals surface area contributed by atoms with Crippen molar-refractivity contribution in [1.82, 2.24) is 14.7 Å². The fourth-order valence-corrected chi connectivity index (χ4v) is 5.30. The van der Waals surface area contributed by atoms with Crippen LogP contribution in [0, 0.1) is 5.82 Å². The van der Waals surface area contributed by atoms with E-state index >= 15 is 0 Å². The number of methoxy groups -OCH3 is 2. The fraction of sp³-hybridized carbons (Fsp3) is 0.474. The van der Waals surface area contributed by atoms with Gasteiger partial charge in [0.25, 0.3) is 0 Å². The van der Waals surface area contributed by atoms with E-state index in [-0.39, 0.29) is 12.5 Å². The van der Waals surface area contributed by atoms with Crippen LogP contribution in [0.2, 0.25) is 0 Å². The van der Waals surface area contributed by atoms with Gasteiger partial charge in [-0.3, -0.25) is 0 Å². The van der Waals surface area contributed by atoms with E-state index in [1.54, 1.807) is 25.3 Å². The molecule has 7 nitrogen and oxygen atoms in total. The zero-order chi connectivity index (χ0) is 20.1. The molecule has 1 saturated carbocycles. The molecule has 1 aliphatic carbocycles. The molecule has 1 heterocycles. The van der Waals surface area contributed by atoms with Gasteiger partial charge in [-0.25, -0.2) is 27.5 Å². The summed E-state index contributed by atoms with van der Waals surface area (Å²) >= 11 is 0. The van der Waals surface area contributed by atoms with E-state index in [1.807, 2.05) is 0 Å². The van der Waals surface area contributed by atoms with E-state index < -0.39 is 21.1 Å². The van der Waals surface area contributed by atoms with Crippen molar-refractivity contribution >= 4 is 10.0 Å².